The zero-order valence-electron chi connectivity index (χ0n) is 16.7. The smallest absolute Gasteiger partial charge is 0.286 e. The van der Waals surface area contributed by atoms with Crippen LogP contribution in [0.5, 0.6) is 0 Å². The maximum absolute atomic E-state index is 14.0. The first-order chi connectivity index (χ1) is 13.8. The van der Waals surface area contributed by atoms with Gasteiger partial charge in [-0.2, -0.15) is 0 Å². The van der Waals surface area contributed by atoms with Crippen LogP contribution in [0.15, 0.2) is 18.2 Å². The lowest BCUT2D eigenvalue weighted by Gasteiger charge is -2.53. The van der Waals surface area contributed by atoms with E-state index in [0.717, 1.165) is 11.0 Å². The Morgan fingerprint density at radius 3 is 2.33 bits per heavy atom. The van der Waals surface area contributed by atoms with E-state index in [9.17, 15) is 39.1 Å². The molecule has 1 unspecified atom stereocenters. The van der Waals surface area contributed by atoms with Gasteiger partial charge in [-0.25, -0.2) is 13.7 Å². The molecule has 30 heavy (non-hydrogen) atoms. The molecule has 0 aliphatic carbocycles. The van der Waals surface area contributed by atoms with Crippen LogP contribution in [-0.2, 0) is 15.3 Å². The number of morpholine rings is 1. The molecule has 9 nitrogen and oxygen atoms in total. The van der Waals surface area contributed by atoms with Gasteiger partial charge in [0, 0.05) is 19.6 Å². The Morgan fingerprint density at radius 2 is 1.77 bits per heavy atom. The van der Waals surface area contributed by atoms with Gasteiger partial charge in [0.1, 0.15) is 11.6 Å². The predicted molar refractivity (Wildman–Crippen MR) is 97.1 cm³/mol. The van der Waals surface area contributed by atoms with Crippen LogP contribution in [0.1, 0.15) is 32.3 Å². The molecule has 0 saturated carbocycles. The van der Waals surface area contributed by atoms with Crippen molar-refractivity contribution in [2.45, 2.75) is 49.8 Å². The number of halogens is 2. The number of aliphatic hydroxyl groups is 5. The van der Waals surface area contributed by atoms with Gasteiger partial charge in [-0.05, 0) is 44.9 Å². The molecule has 11 heteroatoms. The number of piperidine rings is 1. The van der Waals surface area contributed by atoms with Crippen LogP contribution in [0.4, 0.5) is 8.78 Å². The Hall–Kier alpha value is -1.73. The number of nitrogens with zero attached hydrogens (tertiary/aromatic N) is 2. The van der Waals surface area contributed by atoms with Crippen LogP contribution in [-0.4, -0.2) is 84.7 Å². The summed E-state index contributed by atoms with van der Waals surface area (Å²) in [5.41, 5.74) is -2.02. The number of carbonyl (C=O) groups is 1. The number of ether oxygens (including phenoxy) is 1. The summed E-state index contributed by atoms with van der Waals surface area (Å²) in [4.78, 5) is 14.5. The molecule has 2 fully saturated rings. The molecule has 168 valence electrons. The number of rotatable bonds is 4. The van der Waals surface area contributed by atoms with Crippen molar-refractivity contribution >= 4 is 5.91 Å². The van der Waals surface area contributed by atoms with E-state index < -0.39 is 46.2 Å². The zero-order chi connectivity index (χ0) is 22.5. The summed E-state index contributed by atoms with van der Waals surface area (Å²) >= 11 is 0. The quantitative estimate of drug-likeness (QED) is 0.389. The third kappa shape index (κ3) is 3.71. The largest absolute Gasteiger partial charge is 0.358 e. The van der Waals surface area contributed by atoms with Crippen LogP contribution >= 0.6 is 0 Å². The molecular formula is C19H26F2N2O7. The summed E-state index contributed by atoms with van der Waals surface area (Å²) in [6, 6.07) is 1.86. The average Bonchev–Trinajstić information content (AvgIpc) is 2.66. The van der Waals surface area contributed by atoms with Gasteiger partial charge < -0.3 is 35.2 Å². The highest BCUT2D eigenvalue weighted by Gasteiger charge is 2.58. The molecule has 1 atom stereocenters. The number of likely N-dealkylation sites (N-methyl/N-ethyl adjacent to an activating group) is 1. The Bertz CT molecular complexity index is 823. The first-order valence-electron chi connectivity index (χ1n) is 9.58. The lowest BCUT2D eigenvalue weighted by molar-refractivity contribution is -0.426. The van der Waals surface area contributed by atoms with Crippen LogP contribution < -0.4 is 0 Å². The highest BCUT2D eigenvalue weighted by Crippen LogP contribution is 2.40. The van der Waals surface area contributed by atoms with Crippen molar-refractivity contribution in [2.75, 3.05) is 26.2 Å². The molecule has 0 bridgehead atoms. The van der Waals surface area contributed by atoms with Crippen LogP contribution in [0.3, 0.4) is 0 Å². The molecule has 2 aliphatic heterocycles. The monoisotopic (exact) mass is 432 g/mol. The third-order valence-corrected chi connectivity index (χ3v) is 5.85. The Kier molecular flexibility index (Phi) is 5.70. The second kappa shape index (κ2) is 7.45. The van der Waals surface area contributed by atoms with Crippen molar-refractivity contribution in [3.8, 4) is 0 Å². The van der Waals surface area contributed by atoms with Crippen molar-refractivity contribution in [1.82, 2.24) is 9.80 Å². The first kappa shape index (κ1) is 22.9. The lowest BCUT2D eigenvalue weighted by Crippen LogP contribution is -2.70. The Labute approximate surface area is 171 Å². The molecule has 2 saturated heterocycles. The van der Waals surface area contributed by atoms with Gasteiger partial charge >= 0.3 is 0 Å². The number of amides is 1. The maximum atomic E-state index is 14.0. The summed E-state index contributed by atoms with van der Waals surface area (Å²) < 4.78 is 33.2. The molecule has 1 aromatic rings. The second-order valence-electron chi connectivity index (χ2n) is 8.01. The van der Waals surface area contributed by atoms with Gasteiger partial charge in [-0.3, -0.25) is 4.79 Å². The van der Waals surface area contributed by atoms with Gasteiger partial charge in [0.2, 0.25) is 5.79 Å². The summed E-state index contributed by atoms with van der Waals surface area (Å²) in [6.45, 7) is 3.16. The summed E-state index contributed by atoms with van der Waals surface area (Å²) in [7, 11) is 0. The van der Waals surface area contributed by atoms with Crippen LogP contribution in [0.2, 0.25) is 0 Å². The Balaban J connectivity index is 1.81. The van der Waals surface area contributed by atoms with Gasteiger partial charge in [0.25, 0.3) is 17.6 Å². The summed E-state index contributed by atoms with van der Waals surface area (Å²) in [6.07, 6.45) is 0.190. The van der Waals surface area contributed by atoms with E-state index >= 15 is 0 Å². The molecule has 2 heterocycles. The van der Waals surface area contributed by atoms with E-state index in [4.69, 9.17) is 4.74 Å². The van der Waals surface area contributed by atoms with E-state index in [-0.39, 0.29) is 32.5 Å². The minimum atomic E-state index is -3.55. The van der Waals surface area contributed by atoms with Gasteiger partial charge in [0.15, 0.2) is 0 Å². The summed E-state index contributed by atoms with van der Waals surface area (Å²) in [5, 5.41) is 52.1. The zero-order valence-corrected chi connectivity index (χ0v) is 16.7. The summed E-state index contributed by atoms with van der Waals surface area (Å²) in [5.74, 6) is -11.8. The number of carbonyl (C=O) groups excluding carboxylic acids is 1. The molecule has 1 amide bonds. The van der Waals surface area contributed by atoms with Gasteiger partial charge in [-0.1, -0.05) is 0 Å². The van der Waals surface area contributed by atoms with Crippen molar-refractivity contribution in [1.29, 1.82) is 0 Å². The highest BCUT2D eigenvalue weighted by atomic mass is 19.1. The molecule has 1 aromatic carbocycles. The van der Waals surface area contributed by atoms with Gasteiger partial charge in [-0.15, -0.1) is 0 Å². The first-order valence-corrected chi connectivity index (χ1v) is 9.58. The van der Waals surface area contributed by atoms with E-state index in [1.165, 1.54) is 11.8 Å². The standard InChI is InChI=1S/C19H26F2N2O7/c1-3-22-11-17(30-16(2,25)15(22)24)6-8-23(9-7-17)19(28,29)18(26,27)13-10-12(20)4-5-14(13)21/h4-5,10,25-29H,3,6-9,11H2,1-2H3. The number of hydrogen-bond acceptors (Lipinski definition) is 8. The Morgan fingerprint density at radius 1 is 1.17 bits per heavy atom. The molecular weight excluding hydrogens is 406 g/mol. The minimum absolute atomic E-state index is 0.0948. The SMILES string of the molecule is CCN1CC2(CCN(C(O)(O)C(O)(O)c3cc(F)ccc3F)CC2)OC(C)(O)C1=O. The predicted octanol–water partition coefficient (Wildman–Crippen LogP) is -0.838. The van der Waals surface area contributed by atoms with Gasteiger partial charge in [0.05, 0.1) is 17.7 Å². The average molecular weight is 432 g/mol. The second-order valence-corrected chi connectivity index (χ2v) is 8.01. The van der Waals surface area contributed by atoms with Crippen molar-refractivity contribution in [2.24, 2.45) is 0 Å². The third-order valence-electron chi connectivity index (χ3n) is 5.85. The fourth-order valence-corrected chi connectivity index (χ4v) is 4.12. The number of hydrogen-bond donors (Lipinski definition) is 5. The van der Waals surface area contributed by atoms with E-state index in [1.54, 1.807) is 6.92 Å². The maximum Gasteiger partial charge on any atom is 0.286 e. The van der Waals surface area contributed by atoms with E-state index in [2.05, 4.69) is 0 Å². The molecule has 2 aliphatic rings. The molecule has 3 rings (SSSR count). The molecule has 5 N–H and O–H groups in total. The van der Waals surface area contributed by atoms with Crippen LogP contribution in [0, 0.1) is 11.6 Å². The topological polar surface area (TPSA) is 134 Å². The fraction of sp³-hybridized carbons (Fsp3) is 0.632. The minimum Gasteiger partial charge on any atom is -0.358 e. The van der Waals surface area contributed by atoms with E-state index in [1.807, 2.05) is 0 Å². The number of benzene rings is 1. The normalized spacial score (nSPS) is 25.8. The van der Waals surface area contributed by atoms with Crippen molar-refractivity contribution in [3.05, 3.63) is 35.4 Å². The molecule has 0 aromatic heterocycles. The van der Waals surface area contributed by atoms with Crippen LogP contribution in [0.25, 0.3) is 0 Å². The number of likely N-dealkylation sites (tertiary alicyclic amines) is 1. The van der Waals surface area contributed by atoms with E-state index in [0.29, 0.717) is 18.7 Å². The molecule has 1 spiro atoms. The fourth-order valence-electron chi connectivity index (χ4n) is 4.12. The van der Waals surface area contributed by atoms with Crippen molar-refractivity contribution < 1.29 is 43.8 Å². The molecule has 0 radical (unpaired) electrons. The highest BCUT2D eigenvalue weighted by molar-refractivity contribution is 5.83. The lowest BCUT2D eigenvalue weighted by atomic mass is 9.86. The van der Waals surface area contributed by atoms with Crippen molar-refractivity contribution in [3.63, 3.8) is 0 Å².